The van der Waals surface area contributed by atoms with E-state index in [2.05, 4.69) is 0 Å². The molecule has 19 heavy (non-hydrogen) atoms. The quantitative estimate of drug-likeness (QED) is 0.755. The fourth-order valence-corrected chi connectivity index (χ4v) is 1.41. The van der Waals surface area contributed by atoms with Crippen LogP contribution in [0.15, 0.2) is 0 Å². The maximum atomic E-state index is 12.2. The number of aliphatic carboxylic acids is 1. The monoisotopic (exact) mass is 273 g/mol. The molecule has 7 heteroatoms. The minimum absolute atomic E-state index is 0.0710. The van der Waals surface area contributed by atoms with Crippen molar-refractivity contribution >= 4 is 17.9 Å². The third-order valence-corrected chi connectivity index (χ3v) is 2.87. The van der Waals surface area contributed by atoms with Crippen molar-refractivity contribution in [2.24, 2.45) is 0 Å². The van der Waals surface area contributed by atoms with Crippen LogP contribution in [0.25, 0.3) is 0 Å². The minimum atomic E-state index is -1.07. The number of amides is 3. The van der Waals surface area contributed by atoms with Gasteiger partial charge in [-0.3, -0.25) is 9.59 Å². The average molecular weight is 273 g/mol. The van der Waals surface area contributed by atoms with E-state index in [0.29, 0.717) is 6.42 Å². The van der Waals surface area contributed by atoms with Crippen molar-refractivity contribution in [2.75, 3.05) is 34.2 Å². The highest BCUT2D eigenvalue weighted by Crippen LogP contribution is 2.07. The summed E-state index contributed by atoms with van der Waals surface area (Å²) in [6, 6.07) is -0.646. The molecule has 0 saturated heterocycles. The molecule has 0 aliphatic carbocycles. The predicted octanol–water partition coefficient (Wildman–Crippen LogP) is 0.312. The summed E-state index contributed by atoms with van der Waals surface area (Å²) in [5.41, 5.74) is 0. The molecule has 3 amide bonds. The van der Waals surface area contributed by atoms with E-state index < -0.39 is 12.0 Å². The second kappa shape index (κ2) is 7.60. The van der Waals surface area contributed by atoms with Crippen LogP contribution in [0.1, 0.15) is 20.3 Å². The van der Waals surface area contributed by atoms with Crippen LogP contribution in [-0.2, 0) is 9.59 Å². The van der Waals surface area contributed by atoms with Gasteiger partial charge in [-0.15, -0.1) is 0 Å². The number of nitrogens with zero attached hydrogens (tertiary/aromatic N) is 3. The lowest BCUT2D eigenvalue weighted by Gasteiger charge is -2.31. The number of carbonyl (C=O) groups excluding carboxylic acids is 2. The molecule has 0 saturated carbocycles. The van der Waals surface area contributed by atoms with Gasteiger partial charge in [0.05, 0.1) is 0 Å². The van der Waals surface area contributed by atoms with Crippen LogP contribution in [0.4, 0.5) is 4.79 Å². The van der Waals surface area contributed by atoms with Gasteiger partial charge in [-0.1, -0.05) is 6.92 Å². The molecule has 0 bridgehead atoms. The Balaban J connectivity index is 4.78. The zero-order valence-corrected chi connectivity index (χ0v) is 12.2. The molecule has 0 aliphatic rings. The molecule has 1 atom stereocenters. The van der Waals surface area contributed by atoms with Crippen molar-refractivity contribution in [1.29, 1.82) is 0 Å². The highest BCUT2D eigenvalue weighted by molar-refractivity contribution is 5.85. The Morgan fingerprint density at radius 1 is 1.11 bits per heavy atom. The fraction of sp³-hybridized carbons (Fsp3) is 0.750. The third kappa shape index (κ3) is 5.58. The molecule has 0 spiro atoms. The molecule has 0 aliphatic heterocycles. The zero-order chi connectivity index (χ0) is 15.2. The predicted molar refractivity (Wildman–Crippen MR) is 70.8 cm³/mol. The van der Waals surface area contributed by atoms with Crippen molar-refractivity contribution in [2.45, 2.75) is 26.3 Å². The van der Waals surface area contributed by atoms with Crippen molar-refractivity contribution in [3.8, 4) is 0 Å². The highest BCUT2D eigenvalue weighted by Gasteiger charge is 2.25. The van der Waals surface area contributed by atoms with Crippen LogP contribution < -0.4 is 0 Å². The number of carboxylic acid groups (broad SMARTS) is 1. The maximum absolute atomic E-state index is 12.2. The van der Waals surface area contributed by atoms with Crippen LogP contribution in [-0.4, -0.2) is 78.0 Å². The molecule has 0 heterocycles. The van der Waals surface area contributed by atoms with Crippen LogP contribution >= 0.6 is 0 Å². The first-order valence-corrected chi connectivity index (χ1v) is 6.14. The van der Waals surface area contributed by atoms with Crippen LogP contribution in [0.5, 0.6) is 0 Å². The van der Waals surface area contributed by atoms with E-state index >= 15 is 0 Å². The van der Waals surface area contributed by atoms with E-state index in [1.807, 2.05) is 6.92 Å². The summed E-state index contributed by atoms with van der Waals surface area (Å²) < 4.78 is 0. The first kappa shape index (κ1) is 17.2. The lowest BCUT2D eigenvalue weighted by atomic mass is 10.2. The van der Waals surface area contributed by atoms with Crippen molar-refractivity contribution in [1.82, 2.24) is 14.7 Å². The molecule has 1 unspecified atom stereocenters. The zero-order valence-electron chi connectivity index (χ0n) is 12.2. The summed E-state index contributed by atoms with van der Waals surface area (Å²) in [6.45, 7) is 3.22. The van der Waals surface area contributed by atoms with E-state index in [1.165, 1.54) is 21.7 Å². The van der Waals surface area contributed by atoms with Crippen molar-refractivity contribution in [3.05, 3.63) is 0 Å². The first-order chi connectivity index (χ1) is 8.70. The van der Waals surface area contributed by atoms with Gasteiger partial charge >= 0.3 is 12.0 Å². The largest absolute Gasteiger partial charge is 0.480 e. The lowest BCUT2D eigenvalue weighted by Crippen LogP contribution is -2.50. The molecule has 0 aromatic heterocycles. The minimum Gasteiger partial charge on any atom is -0.480 e. The Morgan fingerprint density at radius 2 is 1.63 bits per heavy atom. The van der Waals surface area contributed by atoms with Crippen molar-refractivity contribution < 1.29 is 19.5 Å². The Labute approximate surface area is 113 Å². The number of carboxylic acids is 1. The Hall–Kier alpha value is -1.79. The SMILES string of the molecule is CCC(C)N(CC(=O)O)C(=O)N(C)CC(=O)N(C)C. The molecular weight excluding hydrogens is 250 g/mol. The number of rotatable bonds is 6. The summed E-state index contributed by atoms with van der Waals surface area (Å²) in [5, 5.41) is 8.84. The van der Waals surface area contributed by atoms with Gasteiger partial charge < -0.3 is 19.8 Å². The number of hydrogen-bond donors (Lipinski definition) is 1. The average Bonchev–Trinajstić information content (AvgIpc) is 2.33. The molecule has 0 aromatic carbocycles. The van der Waals surface area contributed by atoms with E-state index in [4.69, 9.17) is 5.11 Å². The summed E-state index contributed by atoms with van der Waals surface area (Å²) in [4.78, 5) is 38.4. The van der Waals surface area contributed by atoms with Gasteiger partial charge in [0.15, 0.2) is 0 Å². The second-order valence-corrected chi connectivity index (χ2v) is 4.71. The Bertz CT molecular complexity index is 344. The Kier molecular flexibility index (Phi) is 6.89. The summed E-state index contributed by atoms with van der Waals surface area (Å²) in [5.74, 6) is -1.28. The number of likely N-dealkylation sites (N-methyl/N-ethyl adjacent to an activating group) is 2. The normalized spacial score (nSPS) is 11.6. The molecule has 0 fully saturated rings. The molecule has 0 rings (SSSR count). The molecule has 1 N–H and O–H groups in total. The van der Waals surface area contributed by atoms with E-state index in [-0.39, 0.29) is 25.0 Å². The lowest BCUT2D eigenvalue weighted by molar-refractivity contribution is -0.138. The third-order valence-electron chi connectivity index (χ3n) is 2.87. The number of hydrogen-bond acceptors (Lipinski definition) is 3. The summed E-state index contributed by atoms with van der Waals surface area (Å²) in [6.07, 6.45) is 0.647. The standard InChI is InChI=1S/C12H23N3O4/c1-6-9(2)15(8-11(17)18)12(19)14(5)7-10(16)13(3)4/h9H,6-8H2,1-5H3,(H,17,18). The molecule has 0 aromatic rings. The van der Waals surface area contributed by atoms with Gasteiger partial charge in [0.25, 0.3) is 0 Å². The van der Waals surface area contributed by atoms with E-state index in [0.717, 1.165) is 0 Å². The molecule has 0 radical (unpaired) electrons. The van der Waals surface area contributed by atoms with E-state index in [1.54, 1.807) is 21.0 Å². The van der Waals surface area contributed by atoms with Crippen LogP contribution in [0, 0.1) is 0 Å². The van der Waals surface area contributed by atoms with Gasteiger partial charge in [0.2, 0.25) is 5.91 Å². The van der Waals surface area contributed by atoms with E-state index in [9.17, 15) is 14.4 Å². The van der Waals surface area contributed by atoms with Crippen LogP contribution in [0.2, 0.25) is 0 Å². The number of urea groups is 1. The van der Waals surface area contributed by atoms with Crippen molar-refractivity contribution in [3.63, 3.8) is 0 Å². The molecule has 110 valence electrons. The summed E-state index contributed by atoms with van der Waals surface area (Å²) in [7, 11) is 4.69. The number of carbonyl (C=O) groups is 3. The van der Waals surface area contributed by atoms with Gasteiger partial charge in [-0.2, -0.15) is 0 Å². The van der Waals surface area contributed by atoms with Gasteiger partial charge in [-0.05, 0) is 13.3 Å². The topological polar surface area (TPSA) is 81.2 Å². The van der Waals surface area contributed by atoms with Gasteiger partial charge in [0, 0.05) is 27.2 Å². The van der Waals surface area contributed by atoms with Gasteiger partial charge in [0.1, 0.15) is 13.1 Å². The Morgan fingerprint density at radius 3 is 2.00 bits per heavy atom. The first-order valence-electron chi connectivity index (χ1n) is 6.14. The molecular formula is C12H23N3O4. The van der Waals surface area contributed by atoms with Crippen LogP contribution in [0.3, 0.4) is 0 Å². The fourth-order valence-electron chi connectivity index (χ4n) is 1.41. The van der Waals surface area contributed by atoms with Gasteiger partial charge in [-0.25, -0.2) is 4.79 Å². The second-order valence-electron chi connectivity index (χ2n) is 4.71. The molecule has 7 nitrogen and oxygen atoms in total. The summed E-state index contributed by atoms with van der Waals surface area (Å²) >= 11 is 0. The highest BCUT2D eigenvalue weighted by atomic mass is 16.4. The smallest absolute Gasteiger partial charge is 0.323 e. The maximum Gasteiger partial charge on any atom is 0.323 e.